The molecule has 4 N–H and O–H groups in total. The van der Waals surface area contributed by atoms with Crippen molar-refractivity contribution in [2.75, 3.05) is 16.4 Å². The predicted molar refractivity (Wildman–Crippen MR) is 83.9 cm³/mol. The first kappa shape index (κ1) is 14.6. The normalized spacial score (nSPS) is 9.95. The molecule has 2 amide bonds. The molecule has 0 saturated carbocycles. The minimum Gasteiger partial charge on any atom is -0.399 e. The van der Waals surface area contributed by atoms with E-state index in [9.17, 15) is 9.59 Å². The molecule has 0 spiro atoms. The average Bonchev–Trinajstić information content (AvgIpc) is 2.43. The fraction of sp³-hybridized carbons (Fsp3) is 0.125. The zero-order valence-corrected chi connectivity index (χ0v) is 11.7. The van der Waals surface area contributed by atoms with Gasteiger partial charge >= 0.3 is 0 Å². The van der Waals surface area contributed by atoms with E-state index in [2.05, 4.69) is 10.6 Å². The quantitative estimate of drug-likeness (QED) is 0.753. The maximum absolute atomic E-state index is 11.9. The lowest BCUT2D eigenvalue weighted by Gasteiger charge is -2.07. The Morgan fingerprint density at radius 3 is 1.95 bits per heavy atom. The minimum atomic E-state index is -0.130. The van der Waals surface area contributed by atoms with Crippen molar-refractivity contribution in [3.63, 3.8) is 0 Å². The van der Waals surface area contributed by atoms with Gasteiger partial charge in [-0.1, -0.05) is 12.1 Å². The molecule has 0 saturated heterocycles. The van der Waals surface area contributed by atoms with Crippen molar-refractivity contribution < 1.29 is 9.59 Å². The summed E-state index contributed by atoms with van der Waals surface area (Å²) in [5.41, 5.74) is 8.55. The van der Waals surface area contributed by atoms with Gasteiger partial charge in [0, 0.05) is 24.0 Å². The van der Waals surface area contributed by atoms with E-state index in [1.54, 1.807) is 36.4 Å². The summed E-state index contributed by atoms with van der Waals surface area (Å²) in [6.45, 7) is 1.45. The molecule has 5 heteroatoms. The molecule has 0 aliphatic rings. The number of carbonyl (C=O) groups is 2. The molecule has 2 rings (SSSR count). The second-order valence-electron chi connectivity index (χ2n) is 4.73. The molecule has 108 valence electrons. The van der Waals surface area contributed by atoms with Crippen LogP contribution in [-0.4, -0.2) is 11.8 Å². The van der Waals surface area contributed by atoms with E-state index in [0.29, 0.717) is 17.1 Å². The molecule has 0 fully saturated rings. The zero-order valence-electron chi connectivity index (χ0n) is 11.7. The molecule has 0 aliphatic heterocycles. The van der Waals surface area contributed by atoms with Crippen molar-refractivity contribution in [3.05, 3.63) is 54.1 Å². The smallest absolute Gasteiger partial charge is 0.228 e. The Hall–Kier alpha value is -2.82. The lowest BCUT2D eigenvalue weighted by Crippen LogP contribution is -2.14. The second-order valence-corrected chi connectivity index (χ2v) is 4.73. The number of carbonyl (C=O) groups excluding carboxylic acids is 2. The Kier molecular flexibility index (Phi) is 4.56. The van der Waals surface area contributed by atoms with Crippen LogP contribution in [-0.2, 0) is 16.0 Å². The highest BCUT2D eigenvalue weighted by Crippen LogP contribution is 2.14. The van der Waals surface area contributed by atoms with E-state index >= 15 is 0 Å². The Labute approximate surface area is 123 Å². The highest BCUT2D eigenvalue weighted by atomic mass is 16.2. The third-order valence-corrected chi connectivity index (χ3v) is 2.83. The minimum absolute atomic E-state index is 0.105. The largest absolute Gasteiger partial charge is 0.399 e. The van der Waals surface area contributed by atoms with Crippen molar-refractivity contribution in [2.45, 2.75) is 13.3 Å². The van der Waals surface area contributed by atoms with Gasteiger partial charge in [0.25, 0.3) is 0 Å². The van der Waals surface area contributed by atoms with E-state index in [4.69, 9.17) is 5.73 Å². The molecular weight excluding hydrogens is 266 g/mol. The number of nitrogen functional groups attached to an aromatic ring is 1. The molecule has 0 heterocycles. The summed E-state index contributed by atoms with van der Waals surface area (Å²) in [6, 6.07) is 14.2. The van der Waals surface area contributed by atoms with Crippen LogP contribution in [0.4, 0.5) is 17.1 Å². The Morgan fingerprint density at radius 2 is 1.43 bits per heavy atom. The lowest BCUT2D eigenvalue weighted by atomic mass is 10.1. The summed E-state index contributed by atoms with van der Waals surface area (Å²) in [5.74, 6) is -0.234. The maximum atomic E-state index is 11.9. The van der Waals surface area contributed by atoms with Crippen LogP contribution in [0, 0.1) is 0 Å². The molecule has 0 aromatic heterocycles. The van der Waals surface area contributed by atoms with Gasteiger partial charge < -0.3 is 16.4 Å². The van der Waals surface area contributed by atoms with Gasteiger partial charge in [-0.2, -0.15) is 0 Å². The van der Waals surface area contributed by atoms with Crippen molar-refractivity contribution in [2.24, 2.45) is 0 Å². The molecular formula is C16H17N3O2. The second kappa shape index (κ2) is 6.56. The van der Waals surface area contributed by atoms with Gasteiger partial charge in [0.2, 0.25) is 11.8 Å². The number of hydrogen-bond acceptors (Lipinski definition) is 3. The summed E-state index contributed by atoms with van der Waals surface area (Å²) < 4.78 is 0. The number of rotatable bonds is 4. The summed E-state index contributed by atoms with van der Waals surface area (Å²) in [5, 5.41) is 5.47. The van der Waals surface area contributed by atoms with E-state index in [1.807, 2.05) is 12.1 Å². The van der Waals surface area contributed by atoms with Crippen LogP contribution in [0.3, 0.4) is 0 Å². The zero-order chi connectivity index (χ0) is 15.2. The average molecular weight is 283 g/mol. The molecule has 0 aliphatic carbocycles. The number of amides is 2. The first-order valence-corrected chi connectivity index (χ1v) is 6.55. The molecule has 2 aromatic carbocycles. The monoisotopic (exact) mass is 283 g/mol. The molecule has 0 bridgehead atoms. The lowest BCUT2D eigenvalue weighted by molar-refractivity contribution is -0.116. The van der Waals surface area contributed by atoms with Crippen LogP contribution >= 0.6 is 0 Å². The number of nitrogens with two attached hydrogens (primary N) is 1. The fourth-order valence-electron chi connectivity index (χ4n) is 1.87. The van der Waals surface area contributed by atoms with Crippen LogP contribution in [0.5, 0.6) is 0 Å². The highest BCUT2D eigenvalue weighted by Gasteiger charge is 2.04. The van der Waals surface area contributed by atoms with E-state index in [0.717, 1.165) is 5.56 Å². The molecule has 21 heavy (non-hydrogen) atoms. The number of nitrogens with one attached hydrogen (secondary N) is 2. The van der Waals surface area contributed by atoms with Crippen LogP contribution in [0.1, 0.15) is 12.5 Å². The maximum Gasteiger partial charge on any atom is 0.228 e. The van der Waals surface area contributed by atoms with Crippen molar-refractivity contribution >= 4 is 28.9 Å². The Bertz CT molecular complexity index is 634. The van der Waals surface area contributed by atoms with Gasteiger partial charge in [-0.05, 0) is 42.0 Å². The molecule has 2 aromatic rings. The standard InChI is InChI=1S/C16H17N3O2/c1-11(20)18-14-6-8-15(9-7-14)19-16(21)10-12-2-4-13(17)5-3-12/h2-9H,10,17H2,1H3,(H,18,20)(H,19,21). The van der Waals surface area contributed by atoms with Crippen LogP contribution in [0.2, 0.25) is 0 Å². The molecule has 0 radical (unpaired) electrons. The number of anilines is 3. The van der Waals surface area contributed by atoms with Gasteiger partial charge in [-0.3, -0.25) is 9.59 Å². The van der Waals surface area contributed by atoms with E-state index in [1.165, 1.54) is 6.92 Å². The van der Waals surface area contributed by atoms with Crippen molar-refractivity contribution in [3.8, 4) is 0 Å². The molecule has 0 atom stereocenters. The van der Waals surface area contributed by atoms with Crippen LogP contribution in [0.15, 0.2) is 48.5 Å². The summed E-state index contributed by atoms with van der Waals surface area (Å²) in [4.78, 5) is 22.8. The van der Waals surface area contributed by atoms with Crippen molar-refractivity contribution in [1.29, 1.82) is 0 Å². The van der Waals surface area contributed by atoms with E-state index in [-0.39, 0.29) is 18.2 Å². The first-order chi connectivity index (χ1) is 10.0. The molecule has 0 unspecified atom stereocenters. The first-order valence-electron chi connectivity index (χ1n) is 6.55. The molecule has 5 nitrogen and oxygen atoms in total. The van der Waals surface area contributed by atoms with Gasteiger partial charge in [0.05, 0.1) is 6.42 Å². The van der Waals surface area contributed by atoms with Gasteiger partial charge in [-0.15, -0.1) is 0 Å². The third kappa shape index (κ3) is 4.65. The van der Waals surface area contributed by atoms with Crippen molar-refractivity contribution in [1.82, 2.24) is 0 Å². The topological polar surface area (TPSA) is 84.2 Å². The predicted octanol–water partition coefficient (Wildman–Crippen LogP) is 2.41. The van der Waals surface area contributed by atoms with Gasteiger partial charge in [-0.25, -0.2) is 0 Å². The SMILES string of the molecule is CC(=O)Nc1ccc(NC(=O)Cc2ccc(N)cc2)cc1. The van der Waals surface area contributed by atoms with Gasteiger partial charge in [0.15, 0.2) is 0 Å². The summed E-state index contributed by atoms with van der Waals surface area (Å²) in [6.07, 6.45) is 0.285. The Morgan fingerprint density at radius 1 is 0.905 bits per heavy atom. The Balaban J connectivity index is 1.93. The highest BCUT2D eigenvalue weighted by molar-refractivity contribution is 5.93. The fourth-order valence-corrected chi connectivity index (χ4v) is 1.87. The van der Waals surface area contributed by atoms with E-state index < -0.39 is 0 Å². The summed E-state index contributed by atoms with van der Waals surface area (Å²) >= 11 is 0. The number of hydrogen-bond donors (Lipinski definition) is 3. The van der Waals surface area contributed by atoms with Crippen LogP contribution in [0.25, 0.3) is 0 Å². The number of benzene rings is 2. The van der Waals surface area contributed by atoms with Gasteiger partial charge in [0.1, 0.15) is 0 Å². The summed E-state index contributed by atoms with van der Waals surface area (Å²) in [7, 11) is 0. The third-order valence-electron chi connectivity index (χ3n) is 2.83. The van der Waals surface area contributed by atoms with Crippen LogP contribution < -0.4 is 16.4 Å².